The Morgan fingerprint density at radius 3 is 1.79 bits per heavy atom. The van der Waals surface area contributed by atoms with Gasteiger partial charge in [-0.05, 0) is 43.4 Å². The zero-order valence-electron chi connectivity index (χ0n) is 19.0. The number of nitrogens with one attached hydrogen (secondary N) is 1. The van der Waals surface area contributed by atoms with E-state index in [-0.39, 0.29) is 11.3 Å². The maximum atomic E-state index is 12.8. The van der Waals surface area contributed by atoms with Gasteiger partial charge in [-0.3, -0.25) is 4.79 Å². The van der Waals surface area contributed by atoms with Gasteiger partial charge in [-0.1, -0.05) is 102 Å². The summed E-state index contributed by atoms with van der Waals surface area (Å²) in [6.07, 6.45) is 24.3. The van der Waals surface area contributed by atoms with E-state index in [9.17, 15) is 4.79 Å². The molecule has 2 radical (unpaired) electrons. The van der Waals surface area contributed by atoms with E-state index >= 15 is 0 Å². The van der Waals surface area contributed by atoms with Crippen LogP contribution in [0.4, 0.5) is 4.79 Å². The fraction of sp³-hybridized carbons (Fsp3) is 0.960. The first-order valence-electron chi connectivity index (χ1n) is 13.1. The molecule has 160 valence electrons. The number of hydrogen-bond acceptors (Lipinski definition) is 1. The standard InChI is InChI=1S/C25H43B2NO/c1-26-21-15-9-11-20(12-10-16-21)24-17-25(18-24,19-24)28-23(29)27-22-13-7-5-3-2-4-6-8-14-22/h20-22H,2-19H2,1H3,(H,28,29). The van der Waals surface area contributed by atoms with Crippen LogP contribution in [0.15, 0.2) is 0 Å². The Kier molecular flexibility index (Phi) is 7.39. The first kappa shape index (κ1) is 21.8. The highest BCUT2D eigenvalue weighted by molar-refractivity contribution is 6.74. The highest BCUT2D eigenvalue weighted by atomic mass is 16.1. The second kappa shape index (κ2) is 9.82. The molecule has 0 aromatic heterocycles. The van der Waals surface area contributed by atoms with Crippen LogP contribution in [0.1, 0.15) is 116 Å². The van der Waals surface area contributed by atoms with Gasteiger partial charge in [0.15, 0.2) is 5.81 Å². The lowest BCUT2D eigenvalue weighted by molar-refractivity contribution is -0.188. The van der Waals surface area contributed by atoms with Crippen LogP contribution in [0.3, 0.4) is 0 Å². The van der Waals surface area contributed by atoms with Gasteiger partial charge in [-0.25, -0.2) is 0 Å². The first-order chi connectivity index (χ1) is 14.1. The molecule has 0 heterocycles. The maximum Gasteiger partial charge on any atom is 0.236 e. The average molecular weight is 395 g/mol. The van der Waals surface area contributed by atoms with Gasteiger partial charge >= 0.3 is 0 Å². The minimum Gasteiger partial charge on any atom is -0.360 e. The van der Waals surface area contributed by atoms with Crippen LogP contribution in [0, 0.1) is 11.3 Å². The first-order valence-corrected chi connectivity index (χ1v) is 13.1. The van der Waals surface area contributed by atoms with Crippen LogP contribution < -0.4 is 5.32 Å². The quantitative estimate of drug-likeness (QED) is 0.492. The lowest BCUT2D eigenvalue weighted by atomic mass is 9.34. The molecule has 0 aromatic rings. The Bertz CT molecular complexity index is 511. The fourth-order valence-corrected chi connectivity index (χ4v) is 7.44. The van der Waals surface area contributed by atoms with E-state index in [1.54, 1.807) is 0 Å². The molecule has 5 rings (SSSR count). The number of hydrogen-bond donors (Lipinski definition) is 1. The molecular weight excluding hydrogens is 352 g/mol. The van der Waals surface area contributed by atoms with E-state index in [0.717, 1.165) is 11.7 Å². The summed E-state index contributed by atoms with van der Waals surface area (Å²) in [6, 6.07) is 0. The van der Waals surface area contributed by atoms with Gasteiger partial charge < -0.3 is 5.32 Å². The molecule has 0 saturated heterocycles. The summed E-state index contributed by atoms with van der Waals surface area (Å²) in [4.78, 5) is 12.8. The van der Waals surface area contributed by atoms with Crippen molar-refractivity contribution in [1.82, 2.24) is 5.32 Å². The molecule has 5 aliphatic carbocycles. The van der Waals surface area contributed by atoms with E-state index < -0.39 is 0 Å². The summed E-state index contributed by atoms with van der Waals surface area (Å²) in [5, 5.41) is 3.48. The SMILES string of the molecule is C[B]C1CCCC(C23CC(NC(=O)[B]C4CCCCCCCCC4)(C2)C3)CCC1. The fourth-order valence-electron chi connectivity index (χ4n) is 7.44. The topological polar surface area (TPSA) is 29.1 Å². The summed E-state index contributed by atoms with van der Waals surface area (Å²) in [6.45, 7) is 2.24. The van der Waals surface area contributed by atoms with Crippen molar-refractivity contribution in [2.75, 3.05) is 0 Å². The number of rotatable bonds is 5. The predicted octanol–water partition coefficient (Wildman–Crippen LogP) is 7.15. The molecular formula is C25H43B2NO. The summed E-state index contributed by atoms with van der Waals surface area (Å²) >= 11 is 0. The minimum atomic E-state index is 0.186. The van der Waals surface area contributed by atoms with Gasteiger partial charge in [0.25, 0.3) is 0 Å². The molecule has 0 atom stereocenters. The highest BCUT2D eigenvalue weighted by Gasteiger charge is 2.70. The smallest absolute Gasteiger partial charge is 0.236 e. The molecule has 5 saturated carbocycles. The molecule has 0 aromatic carbocycles. The lowest BCUT2D eigenvalue weighted by Crippen LogP contribution is -2.76. The third-order valence-corrected chi connectivity index (χ3v) is 9.09. The van der Waals surface area contributed by atoms with E-state index in [0.29, 0.717) is 11.2 Å². The van der Waals surface area contributed by atoms with Crippen molar-refractivity contribution < 1.29 is 4.79 Å². The van der Waals surface area contributed by atoms with E-state index in [1.165, 1.54) is 116 Å². The molecule has 1 N–H and O–H groups in total. The number of amides is 1. The monoisotopic (exact) mass is 395 g/mol. The molecule has 1 amide bonds. The largest absolute Gasteiger partial charge is 0.360 e. The molecule has 4 heteroatoms. The van der Waals surface area contributed by atoms with Crippen LogP contribution in [-0.2, 0) is 0 Å². The highest BCUT2D eigenvalue weighted by Crippen LogP contribution is 2.72. The van der Waals surface area contributed by atoms with Crippen molar-refractivity contribution in [2.24, 2.45) is 11.3 Å². The Morgan fingerprint density at radius 1 is 0.724 bits per heavy atom. The van der Waals surface area contributed by atoms with Gasteiger partial charge in [-0.15, -0.1) is 0 Å². The van der Waals surface area contributed by atoms with Gasteiger partial charge in [0.1, 0.15) is 7.28 Å². The van der Waals surface area contributed by atoms with Crippen molar-refractivity contribution >= 4 is 20.4 Å². The second-order valence-corrected chi connectivity index (χ2v) is 11.3. The number of carbonyl (C=O) groups excluding carboxylic acids is 1. The summed E-state index contributed by atoms with van der Waals surface area (Å²) in [5.74, 6) is 2.57. The molecule has 0 aliphatic heterocycles. The maximum absolute atomic E-state index is 12.8. The van der Waals surface area contributed by atoms with Crippen molar-refractivity contribution in [3.05, 3.63) is 0 Å². The van der Waals surface area contributed by atoms with Gasteiger partial charge in [0.2, 0.25) is 7.28 Å². The van der Waals surface area contributed by atoms with Crippen LogP contribution in [0.5, 0.6) is 0 Å². The zero-order chi connectivity index (χ0) is 20.2. The predicted molar refractivity (Wildman–Crippen MR) is 125 cm³/mol. The Labute approximate surface area is 181 Å². The third kappa shape index (κ3) is 5.27. The summed E-state index contributed by atoms with van der Waals surface area (Å²) < 4.78 is 0. The Balaban J connectivity index is 1.19. The van der Waals surface area contributed by atoms with Crippen molar-refractivity contribution in [2.45, 2.75) is 140 Å². The molecule has 0 spiro atoms. The summed E-state index contributed by atoms with van der Waals surface area (Å²) in [7, 11) is 4.51. The Hall–Kier alpha value is -0.400. The number of carbonyl (C=O) groups is 1. The van der Waals surface area contributed by atoms with Crippen molar-refractivity contribution in [3.63, 3.8) is 0 Å². The Morgan fingerprint density at radius 2 is 1.24 bits per heavy atom. The molecule has 0 unspecified atom stereocenters. The van der Waals surface area contributed by atoms with Crippen LogP contribution >= 0.6 is 0 Å². The molecule has 5 fully saturated rings. The van der Waals surface area contributed by atoms with Crippen LogP contribution in [-0.4, -0.2) is 25.9 Å². The van der Waals surface area contributed by atoms with Gasteiger partial charge in [-0.2, -0.15) is 0 Å². The second-order valence-electron chi connectivity index (χ2n) is 11.3. The lowest BCUT2D eigenvalue weighted by Gasteiger charge is -2.74. The normalized spacial score (nSPS) is 39.1. The molecule has 2 nitrogen and oxygen atoms in total. The van der Waals surface area contributed by atoms with Crippen LogP contribution in [0.25, 0.3) is 0 Å². The minimum absolute atomic E-state index is 0.186. The van der Waals surface area contributed by atoms with Crippen molar-refractivity contribution in [1.29, 1.82) is 0 Å². The molecule has 2 bridgehead atoms. The zero-order valence-corrected chi connectivity index (χ0v) is 19.0. The van der Waals surface area contributed by atoms with E-state index in [1.807, 2.05) is 0 Å². The molecule has 29 heavy (non-hydrogen) atoms. The van der Waals surface area contributed by atoms with Crippen LogP contribution in [0.2, 0.25) is 18.5 Å². The van der Waals surface area contributed by atoms with Gasteiger partial charge in [0.05, 0.1) is 0 Å². The van der Waals surface area contributed by atoms with E-state index in [2.05, 4.69) is 26.7 Å². The third-order valence-electron chi connectivity index (χ3n) is 9.09. The summed E-state index contributed by atoms with van der Waals surface area (Å²) in [5.41, 5.74) is 0.790. The molecule has 5 aliphatic rings. The van der Waals surface area contributed by atoms with E-state index in [4.69, 9.17) is 0 Å². The average Bonchev–Trinajstić information content (AvgIpc) is 2.63. The van der Waals surface area contributed by atoms with Crippen molar-refractivity contribution in [3.8, 4) is 0 Å². The van der Waals surface area contributed by atoms with Gasteiger partial charge in [0, 0.05) is 5.54 Å².